The summed E-state index contributed by atoms with van der Waals surface area (Å²) in [4.78, 5) is 34.1. The highest BCUT2D eigenvalue weighted by Crippen LogP contribution is 2.09. The first kappa shape index (κ1) is 24.1. The van der Waals surface area contributed by atoms with Gasteiger partial charge in [0.05, 0.1) is 19.8 Å². The lowest BCUT2D eigenvalue weighted by molar-refractivity contribution is -0.126. The Bertz CT molecular complexity index is 612. The van der Waals surface area contributed by atoms with Gasteiger partial charge in [0, 0.05) is 18.8 Å². The summed E-state index contributed by atoms with van der Waals surface area (Å²) in [7, 11) is 3.83. The lowest BCUT2D eigenvalue weighted by atomic mass is 10.2. The van der Waals surface area contributed by atoms with E-state index in [0.717, 1.165) is 12.1 Å². The molecular weight excluding hydrogens is 385 g/mol. The standard InChI is InChI=1S/C18H28N3O6P/c1-19-6-7-25-8-9-26-11-16(22)20-10-14-2-4-15(5-3-14)21-17(23)12-27-13-18(24)28/h2-5,19H,6-13,28H2,1H3,(H,20,22)(H,21,23). The second-order valence-corrected chi connectivity index (χ2v) is 6.39. The molecule has 0 saturated carbocycles. The van der Waals surface area contributed by atoms with Crippen LogP contribution in [0.15, 0.2) is 24.3 Å². The molecule has 0 bridgehead atoms. The van der Waals surface area contributed by atoms with Gasteiger partial charge in [-0.1, -0.05) is 21.4 Å². The average Bonchev–Trinajstić information content (AvgIpc) is 2.66. The zero-order valence-corrected chi connectivity index (χ0v) is 17.1. The highest BCUT2D eigenvalue weighted by molar-refractivity contribution is 7.40. The van der Waals surface area contributed by atoms with Gasteiger partial charge in [0.2, 0.25) is 11.8 Å². The van der Waals surface area contributed by atoms with Gasteiger partial charge in [0.15, 0.2) is 5.52 Å². The maximum atomic E-state index is 11.7. The fraction of sp³-hybridized carbons (Fsp3) is 0.500. The largest absolute Gasteiger partial charge is 0.378 e. The summed E-state index contributed by atoms with van der Waals surface area (Å²) in [6.07, 6.45) is 0. The summed E-state index contributed by atoms with van der Waals surface area (Å²) in [5, 5.41) is 8.37. The highest BCUT2D eigenvalue weighted by atomic mass is 31.0. The Morgan fingerprint density at radius 1 is 0.893 bits per heavy atom. The summed E-state index contributed by atoms with van der Waals surface area (Å²) in [5.74, 6) is -0.562. The number of carbonyl (C=O) groups excluding carboxylic acids is 3. The van der Waals surface area contributed by atoms with Crippen molar-refractivity contribution in [3.05, 3.63) is 29.8 Å². The lowest BCUT2D eigenvalue weighted by Crippen LogP contribution is -2.28. The number of amides is 2. The van der Waals surface area contributed by atoms with E-state index in [4.69, 9.17) is 14.2 Å². The van der Waals surface area contributed by atoms with Crippen LogP contribution >= 0.6 is 9.24 Å². The quantitative estimate of drug-likeness (QED) is 0.272. The topological polar surface area (TPSA) is 115 Å². The first-order chi connectivity index (χ1) is 13.5. The van der Waals surface area contributed by atoms with Crippen LogP contribution in [0.4, 0.5) is 5.69 Å². The van der Waals surface area contributed by atoms with Crippen molar-refractivity contribution in [2.45, 2.75) is 6.54 Å². The van der Waals surface area contributed by atoms with Crippen LogP contribution in [0, 0.1) is 0 Å². The minimum atomic E-state index is -0.348. The minimum Gasteiger partial charge on any atom is -0.378 e. The normalized spacial score (nSPS) is 10.5. The first-order valence-corrected chi connectivity index (χ1v) is 9.40. The SMILES string of the molecule is CNCCOCCOCC(=O)NCc1ccc(NC(=O)COCC(=O)P)cc1. The van der Waals surface area contributed by atoms with E-state index in [0.29, 0.717) is 32.1 Å². The summed E-state index contributed by atoms with van der Waals surface area (Å²) in [5.41, 5.74) is 1.26. The van der Waals surface area contributed by atoms with Gasteiger partial charge in [0.1, 0.15) is 19.8 Å². The van der Waals surface area contributed by atoms with Crippen molar-refractivity contribution in [1.82, 2.24) is 10.6 Å². The van der Waals surface area contributed by atoms with Gasteiger partial charge >= 0.3 is 0 Å². The van der Waals surface area contributed by atoms with Gasteiger partial charge < -0.3 is 30.2 Å². The molecular formula is C18H28N3O6P. The van der Waals surface area contributed by atoms with Crippen LogP contribution in [0.3, 0.4) is 0 Å². The third kappa shape index (κ3) is 12.5. The van der Waals surface area contributed by atoms with Crippen molar-refractivity contribution in [2.75, 3.05) is 58.6 Å². The Hall–Kier alpha value is -1.90. The maximum absolute atomic E-state index is 11.7. The van der Waals surface area contributed by atoms with Crippen LogP contribution in [-0.4, -0.2) is 70.6 Å². The van der Waals surface area contributed by atoms with Gasteiger partial charge in [-0.25, -0.2) is 0 Å². The van der Waals surface area contributed by atoms with Gasteiger partial charge in [-0.15, -0.1) is 0 Å². The molecule has 1 atom stereocenters. The molecule has 0 aliphatic carbocycles. The molecule has 0 spiro atoms. The Balaban J connectivity index is 2.17. The number of carbonyl (C=O) groups is 3. The van der Waals surface area contributed by atoms with E-state index in [9.17, 15) is 14.4 Å². The summed E-state index contributed by atoms with van der Waals surface area (Å²) in [6.45, 7) is 2.20. The van der Waals surface area contributed by atoms with Crippen molar-refractivity contribution < 1.29 is 28.6 Å². The molecule has 1 aromatic rings. The van der Waals surface area contributed by atoms with Crippen LogP contribution in [0.1, 0.15) is 5.56 Å². The predicted molar refractivity (Wildman–Crippen MR) is 108 cm³/mol. The lowest BCUT2D eigenvalue weighted by Gasteiger charge is -2.09. The van der Waals surface area contributed by atoms with Gasteiger partial charge in [-0.2, -0.15) is 0 Å². The first-order valence-electron chi connectivity index (χ1n) is 8.83. The van der Waals surface area contributed by atoms with Crippen LogP contribution in [0.5, 0.6) is 0 Å². The molecule has 1 unspecified atom stereocenters. The number of rotatable bonds is 15. The number of hydrogen-bond donors (Lipinski definition) is 3. The average molecular weight is 413 g/mol. The molecule has 9 nitrogen and oxygen atoms in total. The summed E-state index contributed by atoms with van der Waals surface area (Å²) in [6, 6.07) is 7.03. The van der Waals surface area contributed by atoms with Crippen molar-refractivity contribution in [1.29, 1.82) is 0 Å². The molecule has 2 amide bonds. The molecule has 0 aromatic heterocycles. The van der Waals surface area contributed by atoms with Crippen LogP contribution in [-0.2, 0) is 35.1 Å². The van der Waals surface area contributed by atoms with Gasteiger partial charge in [-0.05, 0) is 24.7 Å². The molecule has 0 heterocycles. The minimum absolute atomic E-state index is 0.0255. The molecule has 1 aromatic carbocycles. The Labute approximate surface area is 167 Å². The van der Waals surface area contributed by atoms with E-state index in [1.807, 2.05) is 16.3 Å². The molecule has 0 fully saturated rings. The summed E-state index contributed by atoms with van der Waals surface area (Å²) < 4.78 is 15.4. The molecule has 0 radical (unpaired) electrons. The molecule has 28 heavy (non-hydrogen) atoms. The smallest absolute Gasteiger partial charge is 0.250 e. The Morgan fingerprint density at radius 2 is 1.57 bits per heavy atom. The van der Waals surface area contributed by atoms with Crippen molar-refractivity contribution in [3.8, 4) is 0 Å². The third-order valence-corrected chi connectivity index (χ3v) is 3.47. The second-order valence-electron chi connectivity index (χ2n) is 5.75. The number of anilines is 1. The maximum Gasteiger partial charge on any atom is 0.250 e. The number of benzene rings is 1. The zero-order valence-electron chi connectivity index (χ0n) is 16.0. The molecule has 0 aliphatic heterocycles. The van der Waals surface area contributed by atoms with E-state index in [1.165, 1.54) is 0 Å². The number of likely N-dealkylation sites (N-methyl/N-ethyl adjacent to an activating group) is 1. The second kappa shape index (κ2) is 15.1. The van der Waals surface area contributed by atoms with Crippen LogP contribution in [0.25, 0.3) is 0 Å². The molecule has 156 valence electrons. The van der Waals surface area contributed by atoms with Crippen molar-refractivity contribution in [3.63, 3.8) is 0 Å². The number of ether oxygens (including phenoxy) is 3. The van der Waals surface area contributed by atoms with E-state index in [1.54, 1.807) is 24.3 Å². The van der Waals surface area contributed by atoms with E-state index in [2.05, 4.69) is 16.0 Å². The molecule has 10 heteroatoms. The fourth-order valence-corrected chi connectivity index (χ4v) is 2.08. The Kier molecular flexibility index (Phi) is 13.0. The summed E-state index contributed by atoms with van der Waals surface area (Å²) >= 11 is 0. The monoisotopic (exact) mass is 413 g/mol. The Morgan fingerprint density at radius 3 is 2.25 bits per heavy atom. The molecule has 0 aliphatic rings. The van der Waals surface area contributed by atoms with Crippen LogP contribution < -0.4 is 16.0 Å². The third-order valence-electron chi connectivity index (χ3n) is 3.31. The van der Waals surface area contributed by atoms with E-state index >= 15 is 0 Å². The van der Waals surface area contributed by atoms with Gasteiger partial charge in [0.25, 0.3) is 0 Å². The predicted octanol–water partition coefficient (Wildman–Crippen LogP) is -0.0878. The highest BCUT2D eigenvalue weighted by Gasteiger charge is 2.05. The van der Waals surface area contributed by atoms with Crippen LogP contribution in [0.2, 0.25) is 0 Å². The zero-order chi connectivity index (χ0) is 20.6. The number of hydrogen-bond acceptors (Lipinski definition) is 7. The molecule has 1 rings (SSSR count). The van der Waals surface area contributed by atoms with Crippen molar-refractivity contribution in [2.24, 2.45) is 0 Å². The van der Waals surface area contributed by atoms with E-state index < -0.39 is 0 Å². The van der Waals surface area contributed by atoms with Gasteiger partial charge in [-0.3, -0.25) is 14.4 Å². The van der Waals surface area contributed by atoms with E-state index in [-0.39, 0.29) is 37.2 Å². The molecule has 0 saturated heterocycles. The number of nitrogens with one attached hydrogen (secondary N) is 3. The molecule has 3 N–H and O–H groups in total. The van der Waals surface area contributed by atoms with Crippen molar-refractivity contribution >= 4 is 32.3 Å². The fourth-order valence-electron chi connectivity index (χ4n) is 1.96.